The Labute approximate surface area is 141 Å². The minimum atomic E-state index is -0.464. The fraction of sp³-hybridized carbons (Fsp3) is 0.211. The first-order chi connectivity index (χ1) is 11.5. The summed E-state index contributed by atoms with van der Waals surface area (Å²) in [5, 5.41) is 14.3. The number of hydrogen-bond donors (Lipinski definition) is 2. The van der Waals surface area contributed by atoms with Gasteiger partial charge in [0.15, 0.2) is 0 Å². The van der Waals surface area contributed by atoms with Crippen molar-refractivity contribution in [3.63, 3.8) is 0 Å². The van der Waals surface area contributed by atoms with E-state index in [0.717, 1.165) is 0 Å². The van der Waals surface area contributed by atoms with Crippen molar-refractivity contribution in [2.75, 3.05) is 10.6 Å². The van der Waals surface area contributed by atoms with Crippen LogP contribution < -0.4 is 10.6 Å². The van der Waals surface area contributed by atoms with Gasteiger partial charge in [0.05, 0.1) is 11.3 Å². The van der Waals surface area contributed by atoms with E-state index in [1.54, 1.807) is 24.3 Å². The molecule has 2 aromatic rings. The molecule has 0 aliphatic carbocycles. The third-order valence-electron chi connectivity index (χ3n) is 3.50. The van der Waals surface area contributed by atoms with Gasteiger partial charge < -0.3 is 10.6 Å². The standard InChI is InChI=1S/C19H19N3O2/c1-13(2)14-7-9-16(10-8-14)21-18(23)11-19(24)22-17-6-4-3-5-15(17)12-20/h3-10,13H,11H2,1-2H3,(H,21,23)(H,22,24). The highest BCUT2D eigenvalue weighted by molar-refractivity contribution is 6.08. The van der Waals surface area contributed by atoms with E-state index >= 15 is 0 Å². The lowest BCUT2D eigenvalue weighted by molar-refractivity contribution is -0.123. The van der Waals surface area contributed by atoms with E-state index in [9.17, 15) is 9.59 Å². The van der Waals surface area contributed by atoms with Crippen molar-refractivity contribution in [2.24, 2.45) is 0 Å². The normalized spacial score (nSPS) is 10.1. The van der Waals surface area contributed by atoms with Crippen LogP contribution in [0.2, 0.25) is 0 Å². The molecule has 5 heteroatoms. The average molecular weight is 321 g/mol. The van der Waals surface area contributed by atoms with Crippen molar-refractivity contribution in [2.45, 2.75) is 26.2 Å². The predicted molar refractivity (Wildman–Crippen MR) is 93.6 cm³/mol. The number of nitrogens with one attached hydrogen (secondary N) is 2. The molecule has 5 nitrogen and oxygen atoms in total. The van der Waals surface area contributed by atoms with E-state index in [2.05, 4.69) is 24.5 Å². The van der Waals surface area contributed by atoms with Crippen LogP contribution in [0.25, 0.3) is 0 Å². The summed E-state index contributed by atoms with van der Waals surface area (Å²) in [5.74, 6) is -0.450. The first-order valence-corrected chi connectivity index (χ1v) is 7.68. The molecule has 2 aromatic carbocycles. The molecule has 24 heavy (non-hydrogen) atoms. The second-order valence-electron chi connectivity index (χ2n) is 5.71. The van der Waals surface area contributed by atoms with E-state index in [1.165, 1.54) is 5.56 Å². The van der Waals surface area contributed by atoms with Crippen LogP contribution in [0.5, 0.6) is 0 Å². The van der Waals surface area contributed by atoms with Gasteiger partial charge in [-0.05, 0) is 35.7 Å². The Morgan fingerprint density at radius 3 is 2.25 bits per heavy atom. The highest BCUT2D eigenvalue weighted by Crippen LogP contribution is 2.17. The number of rotatable bonds is 5. The lowest BCUT2D eigenvalue weighted by atomic mass is 10.0. The SMILES string of the molecule is CC(C)c1ccc(NC(=O)CC(=O)Nc2ccccc2C#N)cc1. The Hall–Kier alpha value is -3.13. The zero-order valence-corrected chi connectivity index (χ0v) is 13.7. The molecule has 2 rings (SSSR count). The van der Waals surface area contributed by atoms with Gasteiger partial charge in [-0.2, -0.15) is 5.26 Å². The number of nitriles is 1. The zero-order chi connectivity index (χ0) is 17.5. The summed E-state index contributed by atoms with van der Waals surface area (Å²) in [5.41, 5.74) is 2.59. The fourth-order valence-corrected chi connectivity index (χ4v) is 2.19. The Morgan fingerprint density at radius 2 is 1.62 bits per heavy atom. The summed E-state index contributed by atoms with van der Waals surface area (Å²) in [6.07, 6.45) is -0.314. The number of para-hydroxylation sites is 1. The van der Waals surface area contributed by atoms with Crippen molar-refractivity contribution in [3.05, 3.63) is 59.7 Å². The Kier molecular flexibility index (Phi) is 5.69. The van der Waals surface area contributed by atoms with Gasteiger partial charge in [-0.3, -0.25) is 9.59 Å². The van der Waals surface area contributed by atoms with Crippen LogP contribution in [0.3, 0.4) is 0 Å². The number of anilines is 2. The summed E-state index contributed by atoms with van der Waals surface area (Å²) in [4.78, 5) is 23.9. The summed E-state index contributed by atoms with van der Waals surface area (Å²) < 4.78 is 0. The molecule has 0 atom stereocenters. The lowest BCUT2D eigenvalue weighted by Crippen LogP contribution is -2.21. The first kappa shape index (κ1) is 17.2. The van der Waals surface area contributed by atoms with Crippen LogP contribution in [-0.4, -0.2) is 11.8 Å². The molecule has 0 spiro atoms. The maximum atomic E-state index is 11.9. The van der Waals surface area contributed by atoms with E-state index in [4.69, 9.17) is 5.26 Å². The maximum Gasteiger partial charge on any atom is 0.233 e. The van der Waals surface area contributed by atoms with Crippen molar-refractivity contribution >= 4 is 23.2 Å². The first-order valence-electron chi connectivity index (χ1n) is 7.68. The summed E-state index contributed by atoms with van der Waals surface area (Å²) in [6, 6.07) is 16.2. The molecular formula is C19H19N3O2. The Bertz CT molecular complexity index is 774. The molecule has 0 aliphatic rings. The minimum absolute atomic E-state index is 0.314. The molecule has 0 fully saturated rings. The van der Waals surface area contributed by atoms with Gasteiger partial charge >= 0.3 is 0 Å². The predicted octanol–water partition coefficient (Wildman–Crippen LogP) is 3.65. The van der Waals surface area contributed by atoms with E-state index in [-0.39, 0.29) is 6.42 Å². The number of carbonyl (C=O) groups is 2. The second-order valence-corrected chi connectivity index (χ2v) is 5.71. The molecule has 0 heterocycles. The van der Waals surface area contributed by atoms with Crippen LogP contribution in [0.1, 0.15) is 37.3 Å². The third-order valence-corrected chi connectivity index (χ3v) is 3.50. The zero-order valence-electron chi connectivity index (χ0n) is 13.7. The molecular weight excluding hydrogens is 302 g/mol. The van der Waals surface area contributed by atoms with Gasteiger partial charge in [0, 0.05) is 5.69 Å². The second kappa shape index (κ2) is 7.93. The van der Waals surface area contributed by atoms with Crippen LogP contribution >= 0.6 is 0 Å². The summed E-state index contributed by atoms with van der Waals surface area (Å²) in [6.45, 7) is 4.19. The quantitative estimate of drug-likeness (QED) is 0.825. The van der Waals surface area contributed by atoms with E-state index in [0.29, 0.717) is 22.9 Å². The molecule has 0 bridgehead atoms. The molecule has 2 N–H and O–H groups in total. The number of benzene rings is 2. The molecule has 0 aliphatic heterocycles. The van der Waals surface area contributed by atoms with Crippen molar-refractivity contribution in [1.82, 2.24) is 0 Å². The molecule has 0 radical (unpaired) electrons. The smallest absolute Gasteiger partial charge is 0.233 e. The van der Waals surface area contributed by atoms with Gasteiger partial charge in [-0.15, -0.1) is 0 Å². The summed E-state index contributed by atoms with van der Waals surface area (Å²) >= 11 is 0. The third kappa shape index (κ3) is 4.68. The molecule has 122 valence electrons. The Balaban J connectivity index is 1.92. The molecule has 0 unspecified atom stereocenters. The van der Waals surface area contributed by atoms with E-state index < -0.39 is 11.8 Å². The molecule has 0 saturated carbocycles. The topological polar surface area (TPSA) is 82.0 Å². The van der Waals surface area contributed by atoms with Gasteiger partial charge in [0.25, 0.3) is 0 Å². The number of hydrogen-bond acceptors (Lipinski definition) is 3. The van der Waals surface area contributed by atoms with Gasteiger partial charge in [-0.25, -0.2) is 0 Å². The van der Waals surface area contributed by atoms with Crippen LogP contribution in [0, 0.1) is 11.3 Å². The van der Waals surface area contributed by atoms with Crippen LogP contribution in [-0.2, 0) is 9.59 Å². The highest BCUT2D eigenvalue weighted by Gasteiger charge is 2.12. The van der Waals surface area contributed by atoms with Crippen LogP contribution in [0.15, 0.2) is 48.5 Å². The maximum absolute atomic E-state index is 11.9. The van der Waals surface area contributed by atoms with Crippen molar-refractivity contribution in [3.8, 4) is 6.07 Å². The minimum Gasteiger partial charge on any atom is -0.326 e. The van der Waals surface area contributed by atoms with Crippen LogP contribution in [0.4, 0.5) is 11.4 Å². The molecule has 2 amide bonds. The number of carbonyl (C=O) groups excluding carboxylic acids is 2. The number of nitrogens with zero attached hydrogens (tertiary/aromatic N) is 1. The monoisotopic (exact) mass is 321 g/mol. The van der Waals surface area contributed by atoms with Crippen molar-refractivity contribution in [1.29, 1.82) is 5.26 Å². The van der Waals surface area contributed by atoms with Crippen molar-refractivity contribution < 1.29 is 9.59 Å². The lowest BCUT2D eigenvalue weighted by Gasteiger charge is -2.09. The molecule has 0 saturated heterocycles. The fourth-order valence-electron chi connectivity index (χ4n) is 2.19. The molecule has 0 aromatic heterocycles. The van der Waals surface area contributed by atoms with Gasteiger partial charge in [-0.1, -0.05) is 38.1 Å². The van der Waals surface area contributed by atoms with E-state index in [1.807, 2.05) is 30.3 Å². The van der Waals surface area contributed by atoms with Gasteiger partial charge in [0.2, 0.25) is 11.8 Å². The number of amides is 2. The Morgan fingerprint density at radius 1 is 1.00 bits per heavy atom. The van der Waals surface area contributed by atoms with Gasteiger partial charge in [0.1, 0.15) is 12.5 Å². The average Bonchev–Trinajstić information content (AvgIpc) is 2.55. The summed E-state index contributed by atoms with van der Waals surface area (Å²) in [7, 11) is 0. The highest BCUT2D eigenvalue weighted by atomic mass is 16.2. The largest absolute Gasteiger partial charge is 0.326 e.